The van der Waals surface area contributed by atoms with Crippen LogP contribution < -0.4 is 20.7 Å². The molecule has 2 aromatic rings. The zero-order chi connectivity index (χ0) is 28.9. The molecule has 2 amide bonds. The highest BCUT2D eigenvalue weighted by Crippen LogP contribution is 2.38. The maximum Gasteiger partial charge on any atom is 0.242 e. The summed E-state index contributed by atoms with van der Waals surface area (Å²) in [5.41, 5.74) is 0.0976. The summed E-state index contributed by atoms with van der Waals surface area (Å²) in [4.78, 5) is 40.5. The third-order valence-corrected chi connectivity index (χ3v) is 8.18. The lowest BCUT2D eigenvalue weighted by Crippen LogP contribution is -2.54. The van der Waals surface area contributed by atoms with Crippen molar-refractivity contribution in [1.82, 2.24) is 16.0 Å². The molecule has 0 spiro atoms. The highest BCUT2D eigenvalue weighted by Gasteiger charge is 2.46. The average Bonchev–Trinajstić information content (AvgIpc) is 3.77. The average molecular weight is 556 g/mol. The van der Waals surface area contributed by atoms with Crippen molar-refractivity contribution in [2.24, 2.45) is 17.3 Å². The number of hydrogen-bond acceptors (Lipinski definition) is 5. The van der Waals surface area contributed by atoms with Crippen LogP contribution in [0.4, 0.5) is 8.78 Å². The minimum Gasteiger partial charge on any atom is -0.492 e. The van der Waals surface area contributed by atoms with Gasteiger partial charge in [0.2, 0.25) is 11.8 Å². The first-order valence-corrected chi connectivity index (χ1v) is 14.1. The van der Waals surface area contributed by atoms with Crippen LogP contribution in [0.15, 0.2) is 42.5 Å². The second-order valence-corrected chi connectivity index (χ2v) is 11.4. The van der Waals surface area contributed by atoms with Gasteiger partial charge in [0.25, 0.3) is 0 Å². The molecule has 1 heterocycles. The van der Waals surface area contributed by atoms with E-state index in [1.807, 2.05) is 0 Å². The molecule has 1 aliphatic carbocycles. The number of benzene rings is 2. The van der Waals surface area contributed by atoms with Gasteiger partial charge in [0.1, 0.15) is 30.0 Å². The number of ether oxygens (including phenoxy) is 1. The Morgan fingerprint density at radius 3 is 2.40 bits per heavy atom. The molecule has 9 heteroatoms. The Hall–Kier alpha value is -3.33. The Morgan fingerprint density at radius 2 is 1.70 bits per heavy atom. The number of carbonyl (C=O) groups excluding carboxylic acids is 3. The van der Waals surface area contributed by atoms with Gasteiger partial charge in [0.05, 0.1) is 6.04 Å². The molecule has 3 atom stereocenters. The summed E-state index contributed by atoms with van der Waals surface area (Å²) in [6, 6.07) is 9.08. The molecule has 2 aromatic carbocycles. The zero-order valence-electron chi connectivity index (χ0n) is 23.4. The van der Waals surface area contributed by atoms with Crippen molar-refractivity contribution in [2.45, 2.75) is 65.0 Å². The van der Waals surface area contributed by atoms with Gasteiger partial charge in [-0.15, -0.1) is 0 Å². The van der Waals surface area contributed by atoms with Gasteiger partial charge in [-0.2, -0.15) is 0 Å². The van der Waals surface area contributed by atoms with E-state index in [-0.39, 0.29) is 37.1 Å². The van der Waals surface area contributed by atoms with Crippen LogP contribution in [0.2, 0.25) is 0 Å². The molecular weight excluding hydrogens is 516 g/mol. The first kappa shape index (κ1) is 29.6. The highest BCUT2D eigenvalue weighted by molar-refractivity contribution is 5.96. The van der Waals surface area contributed by atoms with Gasteiger partial charge >= 0.3 is 0 Å². The van der Waals surface area contributed by atoms with Crippen LogP contribution in [0.1, 0.15) is 51.2 Å². The van der Waals surface area contributed by atoms with Crippen molar-refractivity contribution in [1.29, 1.82) is 0 Å². The van der Waals surface area contributed by atoms with Crippen LogP contribution in [0.5, 0.6) is 5.75 Å². The minimum atomic E-state index is -1.01. The van der Waals surface area contributed by atoms with Crippen molar-refractivity contribution >= 4 is 17.6 Å². The van der Waals surface area contributed by atoms with Crippen LogP contribution in [0.25, 0.3) is 0 Å². The summed E-state index contributed by atoms with van der Waals surface area (Å²) >= 11 is 0. The SMILES string of the molecule is C[C@@H]1C(=O)N[C@H](Cc2ccc(F)cc2)C(=O)NCCCc2c(F)cccc2OCCN[C@@H](C2CC2)C(=O)C1(C)C. The van der Waals surface area contributed by atoms with Crippen LogP contribution in [-0.4, -0.2) is 49.4 Å². The fourth-order valence-electron chi connectivity index (χ4n) is 5.10. The summed E-state index contributed by atoms with van der Waals surface area (Å²) in [5, 5.41) is 9.02. The van der Waals surface area contributed by atoms with Crippen LogP contribution in [0, 0.1) is 28.9 Å². The molecule has 7 nitrogen and oxygen atoms in total. The summed E-state index contributed by atoms with van der Waals surface area (Å²) in [5.74, 6) is -1.73. The second-order valence-electron chi connectivity index (χ2n) is 11.4. The van der Waals surface area contributed by atoms with Gasteiger partial charge in [-0.3, -0.25) is 14.4 Å². The van der Waals surface area contributed by atoms with Crippen molar-refractivity contribution in [3.8, 4) is 5.75 Å². The third-order valence-electron chi connectivity index (χ3n) is 8.18. The van der Waals surface area contributed by atoms with Crippen molar-refractivity contribution in [2.75, 3.05) is 19.7 Å². The van der Waals surface area contributed by atoms with E-state index in [2.05, 4.69) is 16.0 Å². The van der Waals surface area contributed by atoms with Gasteiger partial charge in [-0.05, 0) is 61.4 Å². The van der Waals surface area contributed by atoms with E-state index in [0.29, 0.717) is 36.3 Å². The van der Waals surface area contributed by atoms with Crippen molar-refractivity contribution in [3.05, 3.63) is 65.2 Å². The molecule has 40 heavy (non-hydrogen) atoms. The van der Waals surface area contributed by atoms with Gasteiger partial charge in [0, 0.05) is 36.4 Å². The van der Waals surface area contributed by atoms with E-state index >= 15 is 0 Å². The fourth-order valence-corrected chi connectivity index (χ4v) is 5.10. The molecule has 0 aromatic heterocycles. The van der Waals surface area contributed by atoms with Crippen LogP contribution >= 0.6 is 0 Å². The summed E-state index contributed by atoms with van der Waals surface area (Å²) in [6.07, 6.45) is 2.81. The molecule has 0 bridgehead atoms. The van der Waals surface area contributed by atoms with Gasteiger partial charge in [-0.1, -0.05) is 39.0 Å². The molecule has 1 saturated carbocycles. The lowest BCUT2D eigenvalue weighted by atomic mass is 9.72. The van der Waals surface area contributed by atoms with Gasteiger partial charge in [-0.25, -0.2) is 8.78 Å². The standard InChI is InChI=1S/C31H39F2N3O4/c1-19-29(38)36-25(18-20-9-13-22(32)14-10-20)30(39)35-15-5-6-23-24(33)7-4-8-26(23)40-17-16-34-27(21-11-12-21)28(37)31(19,2)3/h4,7-10,13-14,19,21,25,27,34H,5-6,11-12,15-18H2,1-3H3,(H,35,39)(H,36,38)/t19-,25-,27+/m1/s1. The minimum absolute atomic E-state index is 0.0650. The largest absolute Gasteiger partial charge is 0.492 e. The first-order valence-electron chi connectivity index (χ1n) is 14.1. The number of carbonyl (C=O) groups is 3. The quantitative estimate of drug-likeness (QED) is 0.537. The predicted octanol–water partition coefficient (Wildman–Crippen LogP) is 3.73. The number of fused-ring (bicyclic) bond motifs is 1. The Kier molecular flexibility index (Phi) is 9.56. The number of Topliss-reactive ketones (excluding diaryl/α,β-unsaturated/α-hetero) is 1. The zero-order valence-corrected chi connectivity index (χ0v) is 23.4. The Morgan fingerprint density at radius 1 is 0.975 bits per heavy atom. The Labute approximate surface area is 234 Å². The Balaban J connectivity index is 1.60. The van der Waals surface area contributed by atoms with Gasteiger partial charge < -0.3 is 20.7 Å². The summed E-state index contributed by atoms with van der Waals surface area (Å²) in [7, 11) is 0. The number of rotatable bonds is 3. The first-order chi connectivity index (χ1) is 19.1. The van der Waals surface area contributed by atoms with Crippen molar-refractivity contribution in [3.63, 3.8) is 0 Å². The van der Waals surface area contributed by atoms with Crippen molar-refractivity contribution < 1.29 is 27.9 Å². The van der Waals surface area contributed by atoms with E-state index in [0.717, 1.165) is 12.8 Å². The number of hydrogen-bond donors (Lipinski definition) is 3. The highest BCUT2D eigenvalue weighted by atomic mass is 19.1. The number of ketones is 1. The van der Waals surface area contributed by atoms with Gasteiger partial charge in [0.15, 0.2) is 5.78 Å². The number of halogens is 2. The maximum absolute atomic E-state index is 14.7. The van der Waals surface area contributed by atoms with E-state index < -0.39 is 41.0 Å². The fraction of sp³-hybridized carbons (Fsp3) is 0.516. The molecule has 0 unspecified atom stereocenters. The van der Waals surface area contributed by atoms with Crippen LogP contribution in [-0.2, 0) is 27.2 Å². The number of nitrogens with one attached hydrogen (secondary N) is 3. The molecule has 0 saturated heterocycles. The lowest BCUT2D eigenvalue weighted by molar-refractivity contribution is -0.141. The molecule has 0 radical (unpaired) electrons. The summed E-state index contributed by atoms with van der Waals surface area (Å²) < 4.78 is 34.0. The molecule has 3 N–H and O–H groups in total. The maximum atomic E-state index is 14.7. The second kappa shape index (κ2) is 12.9. The normalized spacial score (nSPS) is 25.0. The predicted molar refractivity (Wildman–Crippen MR) is 148 cm³/mol. The number of amides is 2. The van der Waals surface area contributed by atoms with E-state index in [1.165, 1.54) is 18.2 Å². The molecular formula is C31H39F2N3O4. The lowest BCUT2D eigenvalue weighted by Gasteiger charge is -2.34. The van der Waals surface area contributed by atoms with E-state index in [4.69, 9.17) is 4.74 Å². The van der Waals surface area contributed by atoms with E-state index in [9.17, 15) is 23.2 Å². The molecule has 1 fully saturated rings. The van der Waals surface area contributed by atoms with E-state index in [1.54, 1.807) is 45.0 Å². The third kappa shape index (κ3) is 7.24. The smallest absolute Gasteiger partial charge is 0.242 e. The monoisotopic (exact) mass is 555 g/mol. The topological polar surface area (TPSA) is 96.5 Å². The molecule has 2 aliphatic rings. The molecule has 4 rings (SSSR count). The molecule has 216 valence electrons. The molecule has 1 aliphatic heterocycles. The summed E-state index contributed by atoms with van der Waals surface area (Å²) in [6.45, 7) is 6.14. The Bertz CT molecular complexity index is 1210. The van der Waals surface area contributed by atoms with Crippen LogP contribution in [0.3, 0.4) is 0 Å².